The van der Waals surface area contributed by atoms with Gasteiger partial charge in [0.25, 0.3) is 0 Å². The van der Waals surface area contributed by atoms with Gasteiger partial charge >= 0.3 is 0 Å². The molecule has 0 saturated heterocycles. The maximum atomic E-state index is 3.40. The summed E-state index contributed by atoms with van der Waals surface area (Å²) in [6.07, 6.45) is 0. The highest BCUT2D eigenvalue weighted by Crippen LogP contribution is 2.28. The number of hydrogen-bond donors (Lipinski definition) is 1. The second-order valence-corrected chi connectivity index (χ2v) is 5.76. The first-order valence-electron chi connectivity index (χ1n) is 6.12. The summed E-state index contributed by atoms with van der Waals surface area (Å²) < 4.78 is 0. The third kappa shape index (κ3) is 2.57. The van der Waals surface area contributed by atoms with Crippen molar-refractivity contribution in [1.82, 2.24) is 5.32 Å². The Labute approximate surface area is 113 Å². The minimum Gasteiger partial charge on any atom is -0.378 e. The molecule has 18 heavy (non-hydrogen) atoms. The summed E-state index contributed by atoms with van der Waals surface area (Å²) in [4.78, 5) is 3.50. The van der Waals surface area contributed by atoms with Gasteiger partial charge in [0.2, 0.25) is 0 Å². The number of thiophene rings is 1. The molecular weight excluding hydrogens is 240 g/mol. The zero-order valence-electron chi connectivity index (χ0n) is 11.4. The molecule has 2 aromatic rings. The van der Waals surface area contributed by atoms with Crippen LogP contribution < -0.4 is 10.2 Å². The average Bonchev–Trinajstić information content (AvgIpc) is 2.78. The van der Waals surface area contributed by atoms with Crippen molar-refractivity contribution in [3.8, 4) is 0 Å². The largest absolute Gasteiger partial charge is 0.378 e. The molecule has 0 aliphatic carbocycles. The average molecular weight is 260 g/mol. The van der Waals surface area contributed by atoms with Crippen LogP contribution in [0, 0.1) is 6.92 Å². The Morgan fingerprint density at radius 2 is 1.78 bits per heavy atom. The van der Waals surface area contributed by atoms with Crippen molar-refractivity contribution >= 4 is 17.0 Å². The Kier molecular flexibility index (Phi) is 4.04. The third-order valence-corrected chi connectivity index (χ3v) is 4.10. The van der Waals surface area contributed by atoms with Gasteiger partial charge in [0, 0.05) is 24.7 Å². The van der Waals surface area contributed by atoms with Gasteiger partial charge in [-0.25, -0.2) is 0 Å². The lowest BCUT2D eigenvalue weighted by Crippen LogP contribution is -2.18. The van der Waals surface area contributed by atoms with E-state index in [-0.39, 0.29) is 6.04 Å². The summed E-state index contributed by atoms with van der Waals surface area (Å²) in [6.45, 7) is 2.18. The van der Waals surface area contributed by atoms with Crippen LogP contribution in [0.3, 0.4) is 0 Å². The van der Waals surface area contributed by atoms with Gasteiger partial charge in [-0.05, 0) is 48.7 Å². The summed E-state index contributed by atoms with van der Waals surface area (Å²) in [5.74, 6) is 0. The Balaban J connectivity index is 2.31. The molecule has 0 radical (unpaired) electrons. The molecule has 1 aromatic heterocycles. The molecular formula is C15H20N2S. The minimum absolute atomic E-state index is 0.285. The van der Waals surface area contributed by atoms with Gasteiger partial charge in [-0.1, -0.05) is 12.1 Å². The van der Waals surface area contributed by atoms with Gasteiger partial charge in [-0.15, -0.1) is 11.3 Å². The Morgan fingerprint density at radius 3 is 2.22 bits per heavy atom. The van der Waals surface area contributed by atoms with Gasteiger partial charge in [-0.3, -0.25) is 0 Å². The van der Waals surface area contributed by atoms with Crippen LogP contribution >= 0.6 is 11.3 Å². The van der Waals surface area contributed by atoms with Crippen molar-refractivity contribution in [2.45, 2.75) is 13.0 Å². The van der Waals surface area contributed by atoms with E-state index in [4.69, 9.17) is 0 Å². The highest BCUT2D eigenvalue weighted by Gasteiger charge is 2.14. The molecule has 0 bridgehead atoms. The molecule has 0 amide bonds. The summed E-state index contributed by atoms with van der Waals surface area (Å²) in [6, 6.07) is 11.2. The summed E-state index contributed by atoms with van der Waals surface area (Å²) in [5.41, 5.74) is 3.92. The number of aryl methyl sites for hydroxylation is 1. The Hall–Kier alpha value is -1.32. The van der Waals surface area contributed by atoms with E-state index in [0.29, 0.717) is 0 Å². The highest BCUT2D eigenvalue weighted by molar-refractivity contribution is 7.10. The van der Waals surface area contributed by atoms with Crippen LogP contribution in [0.25, 0.3) is 0 Å². The van der Waals surface area contributed by atoms with E-state index in [1.54, 1.807) is 11.3 Å². The zero-order valence-corrected chi connectivity index (χ0v) is 12.2. The quantitative estimate of drug-likeness (QED) is 0.906. The molecule has 0 fully saturated rings. The summed E-state index contributed by atoms with van der Waals surface area (Å²) in [7, 11) is 6.14. The topological polar surface area (TPSA) is 15.3 Å². The molecule has 1 atom stereocenters. The fourth-order valence-electron chi connectivity index (χ4n) is 2.16. The van der Waals surface area contributed by atoms with Crippen molar-refractivity contribution in [1.29, 1.82) is 0 Å². The smallest absolute Gasteiger partial charge is 0.0585 e. The number of rotatable bonds is 4. The lowest BCUT2D eigenvalue weighted by molar-refractivity contribution is 0.691. The fourth-order valence-corrected chi connectivity index (χ4v) is 2.90. The molecule has 0 saturated carbocycles. The standard InChI is InChI=1S/C15H20N2S/c1-11-14(9-10-18-11)15(16-2)12-5-7-13(8-6-12)17(3)4/h5-10,15-16H,1-4H3. The van der Waals surface area contributed by atoms with Crippen LogP contribution in [0.1, 0.15) is 22.0 Å². The number of nitrogens with one attached hydrogen (secondary N) is 1. The maximum Gasteiger partial charge on any atom is 0.0585 e. The van der Waals surface area contributed by atoms with Gasteiger partial charge in [0.1, 0.15) is 0 Å². The van der Waals surface area contributed by atoms with Crippen molar-refractivity contribution < 1.29 is 0 Å². The summed E-state index contributed by atoms with van der Waals surface area (Å²) in [5, 5.41) is 5.56. The predicted molar refractivity (Wildman–Crippen MR) is 80.7 cm³/mol. The molecule has 96 valence electrons. The lowest BCUT2D eigenvalue weighted by atomic mass is 9.99. The highest BCUT2D eigenvalue weighted by atomic mass is 32.1. The number of hydrogen-bond acceptors (Lipinski definition) is 3. The second-order valence-electron chi connectivity index (χ2n) is 4.64. The molecule has 3 heteroatoms. The molecule has 0 spiro atoms. The van der Waals surface area contributed by atoms with E-state index in [0.717, 1.165) is 0 Å². The van der Waals surface area contributed by atoms with E-state index < -0.39 is 0 Å². The minimum atomic E-state index is 0.285. The first-order chi connectivity index (χ1) is 8.63. The van der Waals surface area contributed by atoms with Crippen molar-refractivity contribution in [3.63, 3.8) is 0 Å². The van der Waals surface area contributed by atoms with Crippen molar-refractivity contribution in [2.24, 2.45) is 0 Å². The number of anilines is 1. The first kappa shape index (κ1) is 13.1. The van der Waals surface area contributed by atoms with Crippen molar-refractivity contribution in [2.75, 3.05) is 26.0 Å². The van der Waals surface area contributed by atoms with Gasteiger partial charge in [-0.2, -0.15) is 0 Å². The van der Waals surface area contributed by atoms with Gasteiger partial charge in [0.15, 0.2) is 0 Å². The van der Waals surface area contributed by atoms with Crippen LogP contribution in [0.5, 0.6) is 0 Å². The van der Waals surface area contributed by atoms with Crippen LogP contribution in [0.2, 0.25) is 0 Å². The molecule has 1 N–H and O–H groups in total. The van der Waals surface area contributed by atoms with Crippen LogP contribution in [-0.4, -0.2) is 21.1 Å². The van der Waals surface area contributed by atoms with E-state index >= 15 is 0 Å². The fraction of sp³-hybridized carbons (Fsp3) is 0.333. The maximum absolute atomic E-state index is 3.40. The Bertz CT molecular complexity index is 499. The number of nitrogens with zero attached hydrogens (tertiary/aromatic N) is 1. The SMILES string of the molecule is CNC(c1ccc(N(C)C)cc1)c1ccsc1C. The molecule has 0 aliphatic heterocycles. The zero-order chi connectivity index (χ0) is 13.1. The second kappa shape index (κ2) is 5.55. The van der Waals surface area contributed by atoms with E-state index in [2.05, 4.69) is 66.9 Å². The van der Waals surface area contributed by atoms with Gasteiger partial charge in [0.05, 0.1) is 6.04 Å². The van der Waals surface area contributed by atoms with E-state index in [9.17, 15) is 0 Å². The van der Waals surface area contributed by atoms with E-state index in [1.165, 1.54) is 21.7 Å². The van der Waals surface area contributed by atoms with Gasteiger partial charge < -0.3 is 10.2 Å². The predicted octanol–water partition coefficient (Wildman–Crippen LogP) is 3.43. The molecule has 1 heterocycles. The lowest BCUT2D eigenvalue weighted by Gasteiger charge is -2.19. The molecule has 2 nitrogen and oxygen atoms in total. The molecule has 1 aromatic carbocycles. The molecule has 0 aliphatic rings. The normalized spacial score (nSPS) is 12.4. The van der Waals surface area contributed by atoms with Crippen molar-refractivity contribution in [3.05, 3.63) is 51.7 Å². The van der Waals surface area contributed by atoms with E-state index in [1.807, 2.05) is 7.05 Å². The Morgan fingerprint density at radius 1 is 1.11 bits per heavy atom. The van der Waals surface area contributed by atoms with Crippen LogP contribution in [0.4, 0.5) is 5.69 Å². The first-order valence-corrected chi connectivity index (χ1v) is 7.00. The molecule has 1 unspecified atom stereocenters. The van der Waals surface area contributed by atoms with Crippen LogP contribution in [-0.2, 0) is 0 Å². The monoisotopic (exact) mass is 260 g/mol. The van der Waals surface area contributed by atoms with Crippen LogP contribution in [0.15, 0.2) is 35.7 Å². The summed E-state index contributed by atoms with van der Waals surface area (Å²) >= 11 is 1.80. The molecule has 2 rings (SSSR count). The third-order valence-electron chi connectivity index (χ3n) is 3.24. The number of benzene rings is 1.